The lowest BCUT2D eigenvalue weighted by atomic mass is 10.1. The highest BCUT2D eigenvalue weighted by molar-refractivity contribution is 5.76. The number of nitrogens with one attached hydrogen (secondary N) is 1. The van der Waals surface area contributed by atoms with E-state index in [9.17, 15) is 18.0 Å². The van der Waals surface area contributed by atoms with Crippen LogP contribution in [0.5, 0.6) is 5.88 Å². The van der Waals surface area contributed by atoms with E-state index in [1.54, 1.807) is 22.8 Å². The summed E-state index contributed by atoms with van der Waals surface area (Å²) in [7, 11) is 1.69. The summed E-state index contributed by atoms with van der Waals surface area (Å²) in [6.07, 6.45) is -2.22. The number of nitrogens with zero attached hydrogens (tertiary/aromatic N) is 6. The maximum atomic E-state index is 12.7. The number of pyridine rings is 1. The average molecular weight is 499 g/mol. The van der Waals surface area contributed by atoms with E-state index in [0.29, 0.717) is 42.9 Å². The number of carbonyl (C=O) groups is 1. The first-order valence-corrected chi connectivity index (χ1v) is 10.9. The molecule has 0 unspecified atom stereocenters. The maximum absolute atomic E-state index is 12.7. The molecule has 1 aromatic carbocycles. The van der Waals surface area contributed by atoms with E-state index in [-0.39, 0.29) is 24.4 Å². The summed E-state index contributed by atoms with van der Waals surface area (Å²) < 4.78 is 50.8. The molecule has 5 rings (SSSR count). The van der Waals surface area contributed by atoms with Gasteiger partial charge in [-0.3, -0.25) is 4.68 Å². The van der Waals surface area contributed by atoms with Crippen molar-refractivity contribution >= 4 is 6.03 Å². The Balaban J connectivity index is 1.31. The third-order valence-electron chi connectivity index (χ3n) is 5.64. The number of hydrogen-bond acceptors (Lipinski definition) is 7. The van der Waals surface area contributed by atoms with Gasteiger partial charge in [0, 0.05) is 44.5 Å². The van der Waals surface area contributed by atoms with E-state index in [0.717, 1.165) is 23.3 Å². The first-order chi connectivity index (χ1) is 17.3. The van der Waals surface area contributed by atoms with Gasteiger partial charge in [-0.25, -0.2) is 9.78 Å². The molecule has 0 aliphatic carbocycles. The predicted molar refractivity (Wildman–Crippen MR) is 119 cm³/mol. The smallest absolute Gasteiger partial charge is 0.417 e. The molecule has 3 aromatic heterocycles. The van der Waals surface area contributed by atoms with Crippen molar-refractivity contribution in [3.63, 3.8) is 0 Å². The number of urea groups is 1. The second kappa shape index (κ2) is 9.32. The summed E-state index contributed by atoms with van der Waals surface area (Å²) in [6.45, 7) is 1.70. The number of aryl methyl sites for hydroxylation is 1. The molecule has 10 nitrogen and oxygen atoms in total. The SMILES string of the molecule is Cn1ncc(-c2nc(-c3cccc(CN4CCNC4=O)c3)no2)c1COc1ccc(C(F)(F)F)cn1. The quantitative estimate of drug-likeness (QED) is 0.413. The van der Waals surface area contributed by atoms with Gasteiger partial charge in [0.25, 0.3) is 5.89 Å². The molecule has 0 spiro atoms. The molecule has 2 amide bonds. The van der Waals surface area contributed by atoms with Gasteiger partial charge >= 0.3 is 12.2 Å². The Morgan fingerprint density at radius 3 is 2.78 bits per heavy atom. The van der Waals surface area contributed by atoms with E-state index in [1.807, 2.05) is 24.3 Å². The van der Waals surface area contributed by atoms with E-state index < -0.39 is 11.7 Å². The molecule has 186 valence electrons. The van der Waals surface area contributed by atoms with Crippen LogP contribution in [0, 0.1) is 0 Å². The highest BCUT2D eigenvalue weighted by Crippen LogP contribution is 2.30. The predicted octanol–water partition coefficient (Wildman–Crippen LogP) is 3.66. The fourth-order valence-corrected chi connectivity index (χ4v) is 3.73. The first kappa shape index (κ1) is 23.3. The minimum Gasteiger partial charge on any atom is -0.471 e. The molecule has 0 saturated carbocycles. The van der Waals surface area contributed by atoms with Crippen LogP contribution in [0.3, 0.4) is 0 Å². The van der Waals surface area contributed by atoms with Crippen LogP contribution < -0.4 is 10.1 Å². The van der Waals surface area contributed by atoms with E-state index in [2.05, 4.69) is 25.5 Å². The van der Waals surface area contributed by atoms with Crippen molar-refractivity contribution in [2.75, 3.05) is 13.1 Å². The number of halogens is 3. The van der Waals surface area contributed by atoms with Crippen LogP contribution in [-0.2, 0) is 26.4 Å². The Labute approximate surface area is 202 Å². The molecule has 1 aliphatic rings. The minimum absolute atomic E-state index is 0.0323. The highest BCUT2D eigenvalue weighted by Gasteiger charge is 2.30. The molecular formula is C23H20F3N7O3. The van der Waals surface area contributed by atoms with Crippen LogP contribution in [0.25, 0.3) is 22.8 Å². The number of benzene rings is 1. The Morgan fingerprint density at radius 2 is 2.06 bits per heavy atom. The number of alkyl halides is 3. The summed E-state index contributed by atoms with van der Waals surface area (Å²) in [5.74, 6) is 0.601. The van der Waals surface area contributed by atoms with Gasteiger partial charge in [0.1, 0.15) is 6.61 Å². The average Bonchev–Trinajstić information content (AvgIpc) is 3.58. The second-order valence-electron chi connectivity index (χ2n) is 8.08. The Hall–Kier alpha value is -4.42. The van der Waals surface area contributed by atoms with Crippen LogP contribution >= 0.6 is 0 Å². The summed E-state index contributed by atoms with van der Waals surface area (Å²) in [5.41, 5.74) is 1.88. The highest BCUT2D eigenvalue weighted by atomic mass is 19.4. The molecular weight excluding hydrogens is 479 g/mol. The molecule has 4 aromatic rings. The van der Waals surface area contributed by atoms with Gasteiger partial charge in [0.05, 0.1) is 23.0 Å². The zero-order chi connectivity index (χ0) is 25.3. The Kier molecular flexibility index (Phi) is 6.04. The van der Waals surface area contributed by atoms with Crippen LogP contribution in [0.2, 0.25) is 0 Å². The number of amides is 2. The normalized spacial score (nSPS) is 13.8. The summed E-state index contributed by atoms with van der Waals surface area (Å²) in [4.78, 5) is 21.8. The molecule has 0 radical (unpaired) electrons. The number of ether oxygens (including phenoxy) is 1. The van der Waals surface area contributed by atoms with Crippen molar-refractivity contribution in [1.82, 2.24) is 35.1 Å². The van der Waals surface area contributed by atoms with Crippen molar-refractivity contribution < 1.29 is 27.2 Å². The van der Waals surface area contributed by atoms with Gasteiger partial charge in [-0.05, 0) is 17.7 Å². The van der Waals surface area contributed by atoms with Gasteiger partial charge in [-0.15, -0.1) is 0 Å². The zero-order valence-corrected chi connectivity index (χ0v) is 19.0. The van der Waals surface area contributed by atoms with Crippen molar-refractivity contribution in [3.05, 3.63) is 65.6 Å². The number of hydrogen-bond donors (Lipinski definition) is 1. The van der Waals surface area contributed by atoms with E-state index >= 15 is 0 Å². The molecule has 36 heavy (non-hydrogen) atoms. The van der Waals surface area contributed by atoms with Gasteiger partial charge in [-0.2, -0.15) is 23.3 Å². The van der Waals surface area contributed by atoms with Gasteiger partial charge in [0.15, 0.2) is 0 Å². The molecule has 0 atom stereocenters. The van der Waals surface area contributed by atoms with E-state index in [1.165, 1.54) is 0 Å². The van der Waals surface area contributed by atoms with Gasteiger partial charge in [0.2, 0.25) is 11.7 Å². The first-order valence-electron chi connectivity index (χ1n) is 10.9. The van der Waals surface area contributed by atoms with E-state index in [4.69, 9.17) is 9.26 Å². The molecule has 13 heteroatoms. The molecule has 1 N–H and O–H groups in total. The molecule has 0 bridgehead atoms. The molecule has 1 saturated heterocycles. The fourth-order valence-electron chi connectivity index (χ4n) is 3.73. The van der Waals surface area contributed by atoms with Crippen molar-refractivity contribution in [3.8, 4) is 28.7 Å². The van der Waals surface area contributed by atoms with Crippen LogP contribution in [-0.4, -0.2) is 48.9 Å². The summed E-state index contributed by atoms with van der Waals surface area (Å²) in [5, 5.41) is 11.1. The number of rotatable bonds is 7. The molecule has 1 aliphatic heterocycles. The topological polar surface area (TPSA) is 111 Å². The number of aromatic nitrogens is 5. The Morgan fingerprint density at radius 1 is 1.19 bits per heavy atom. The van der Waals surface area contributed by atoms with Gasteiger partial charge < -0.3 is 19.5 Å². The van der Waals surface area contributed by atoms with Crippen molar-refractivity contribution in [1.29, 1.82) is 0 Å². The summed E-state index contributed by atoms with van der Waals surface area (Å²) in [6, 6.07) is 9.47. The largest absolute Gasteiger partial charge is 0.471 e. The third-order valence-corrected chi connectivity index (χ3v) is 5.64. The van der Waals surface area contributed by atoms with Crippen LogP contribution in [0.1, 0.15) is 16.8 Å². The summed E-state index contributed by atoms with van der Waals surface area (Å²) >= 11 is 0. The fraction of sp³-hybridized carbons (Fsp3) is 0.261. The van der Waals surface area contributed by atoms with Crippen molar-refractivity contribution in [2.24, 2.45) is 7.05 Å². The molecule has 1 fully saturated rings. The molecule has 4 heterocycles. The lowest BCUT2D eigenvalue weighted by molar-refractivity contribution is -0.137. The second-order valence-corrected chi connectivity index (χ2v) is 8.08. The number of carbonyl (C=O) groups excluding carboxylic acids is 1. The monoisotopic (exact) mass is 499 g/mol. The van der Waals surface area contributed by atoms with Crippen LogP contribution in [0.4, 0.5) is 18.0 Å². The lowest BCUT2D eigenvalue weighted by Crippen LogP contribution is -2.27. The lowest BCUT2D eigenvalue weighted by Gasteiger charge is -2.14. The third kappa shape index (κ3) is 4.85. The standard InChI is InChI=1S/C23H20F3N7O3/c1-32-18(13-35-19-6-5-16(10-28-19)23(24,25)26)17(11-29-32)21-30-20(31-36-21)15-4-2-3-14(9-15)12-33-8-7-27-22(33)34/h2-6,9-11H,7-8,12-13H2,1H3,(H,27,34). The van der Waals surface area contributed by atoms with Crippen molar-refractivity contribution in [2.45, 2.75) is 19.3 Å². The Bertz CT molecular complexity index is 1380. The minimum atomic E-state index is -4.47. The van der Waals surface area contributed by atoms with Gasteiger partial charge in [-0.1, -0.05) is 23.4 Å². The van der Waals surface area contributed by atoms with Crippen LogP contribution in [0.15, 0.2) is 53.3 Å². The maximum Gasteiger partial charge on any atom is 0.417 e. The zero-order valence-electron chi connectivity index (χ0n) is 19.0.